The van der Waals surface area contributed by atoms with Crippen molar-refractivity contribution in [1.82, 2.24) is 10.7 Å². The Balaban J connectivity index is 2.28. The highest BCUT2D eigenvalue weighted by Crippen LogP contribution is 2.15. The van der Waals surface area contributed by atoms with Gasteiger partial charge in [-0.1, -0.05) is 0 Å². The van der Waals surface area contributed by atoms with Crippen molar-refractivity contribution in [2.75, 3.05) is 13.1 Å². The zero-order chi connectivity index (χ0) is 6.97. The van der Waals surface area contributed by atoms with E-state index in [9.17, 15) is 0 Å². The van der Waals surface area contributed by atoms with Gasteiger partial charge in [0.15, 0.2) is 5.84 Å². The Morgan fingerprint density at radius 1 is 1.50 bits per heavy atom. The van der Waals surface area contributed by atoms with Crippen LogP contribution in [-0.2, 0) is 0 Å². The molecule has 53 valence electrons. The topological polar surface area (TPSA) is 64.5 Å². The molecule has 4 nitrogen and oxygen atoms in total. The van der Waals surface area contributed by atoms with Crippen molar-refractivity contribution in [3.63, 3.8) is 0 Å². The molecule has 0 fully saturated rings. The fourth-order valence-electron chi connectivity index (χ4n) is 1.22. The monoisotopic (exact) mass is 137 g/mol. The highest BCUT2D eigenvalue weighted by atomic mass is 15.3. The normalized spacial score (nSPS) is 23.8. The predicted molar refractivity (Wildman–Crippen MR) is 38.3 cm³/mol. The first-order valence-corrected chi connectivity index (χ1v) is 3.35. The smallest absolute Gasteiger partial charge is 0.151 e. The van der Waals surface area contributed by atoms with Gasteiger partial charge < -0.3 is 11.1 Å². The third-order valence-corrected chi connectivity index (χ3v) is 1.78. The summed E-state index contributed by atoms with van der Waals surface area (Å²) in [4.78, 5) is 0. The minimum Gasteiger partial charge on any atom is -0.382 e. The van der Waals surface area contributed by atoms with E-state index in [0.717, 1.165) is 30.8 Å². The second-order valence-electron chi connectivity index (χ2n) is 2.44. The van der Waals surface area contributed by atoms with Gasteiger partial charge in [0.05, 0.1) is 5.70 Å². The van der Waals surface area contributed by atoms with E-state index >= 15 is 0 Å². The van der Waals surface area contributed by atoms with Gasteiger partial charge in [0, 0.05) is 12.1 Å². The van der Waals surface area contributed by atoms with Crippen molar-refractivity contribution in [1.29, 1.82) is 0 Å². The Hall–Kier alpha value is -1.03. The molecule has 2 aliphatic heterocycles. The number of nitrogens with one attached hydrogen (secondary N) is 1. The van der Waals surface area contributed by atoms with Crippen LogP contribution in [0.4, 0.5) is 0 Å². The molecule has 10 heavy (non-hydrogen) atoms. The molecule has 0 aliphatic carbocycles. The average molecular weight is 137 g/mol. The lowest BCUT2D eigenvalue weighted by molar-refractivity contribution is 0.658. The van der Waals surface area contributed by atoms with Gasteiger partial charge >= 0.3 is 0 Å². The number of hydrogen-bond donors (Lipinski definition) is 2. The molecular formula is C6H9N4. The molecule has 0 aromatic rings. The molecule has 0 unspecified atom stereocenters. The highest BCUT2D eigenvalue weighted by molar-refractivity contribution is 5.99. The summed E-state index contributed by atoms with van der Waals surface area (Å²) in [5, 5.41) is 6.98. The van der Waals surface area contributed by atoms with Crippen molar-refractivity contribution in [3.8, 4) is 0 Å². The van der Waals surface area contributed by atoms with E-state index in [4.69, 9.17) is 5.73 Å². The van der Waals surface area contributed by atoms with E-state index < -0.39 is 0 Å². The first kappa shape index (κ1) is 5.73. The lowest BCUT2D eigenvalue weighted by Crippen LogP contribution is -2.28. The third-order valence-electron chi connectivity index (χ3n) is 1.78. The van der Waals surface area contributed by atoms with E-state index in [1.54, 1.807) is 0 Å². The van der Waals surface area contributed by atoms with E-state index in [0.29, 0.717) is 5.84 Å². The summed E-state index contributed by atoms with van der Waals surface area (Å²) in [7, 11) is 0. The lowest BCUT2D eigenvalue weighted by atomic mass is 10.1. The zero-order valence-corrected chi connectivity index (χ0v) is 5.59. The van der Waals surface area contributed by atoms with E-state index in [1.807, 2.05) is 0 Å². The van der Waals surface area contributed by atoms with Crippen LogP contribution in [0.1, 0.15) is 6.42 Å². The van der Waals surface area contributed by atoms with Crippen LogP contribution in [0.15, 0.2) is 16.4 Å². The zero-order valence-electron chi connectivity index (χ0n) is 5.59. The van der Waals surface area contributed by atoms with Crippen molar-refractivity contribution in [2.24, 2.45) is 10.8 Å². The predicted octanol–water partition coefficient (Wildman–Crippen LogP) is -0.876. The molecule has 0 amide bonds. The number of amidine groups is 1. The molecule has 0 atom stereocenters. The largest absolute Gasteiger partial charge is 0.382 e. The quantitative estimate of drug-likeness (QED) is 0.455. The van der Waals surface area contributed by atoms with Crippen LogP contribution in [0.3, 0.4) is 0 Å². The van der Waals surface area contributed by atoms with Gasteiger partial charge in [0.2, 0.25) is 0 Å². The van der Waals surface area contributed by atoms with Gasteiger partial charge in [-0.25, -0.2) is 0 Å². The van der Waals surface area contributed by atoms with Crippen molar-refractivity contribution in [2.45, 2.75) is 6.42 Å². The number of nitrogens with two attached hydrogens (primary N) is 1. The maximum absolute atomic E-state index is 5.56. The Morgan fingerprint density at radius 2 is 2.40 bits per heavy atom. The van der Waals surface area contributed by atoms with Crippen molar-refractivity contribution < 1.29 is 0 Å². The van der Waals surface area contributed by atoms with Crippen LogP contribution >= 0.6 is 0 Å². The SMILES string of the molecule is NC1=N[N]C2=C1CCNC2. The van der Waals surface area contributed by atoms with Crippen LogP contribution in [0, 0.1) is 0 Å². The second kappa shape index (κ2) is 1.98. The molecule has 1 radical (unpaired) electrons. The summed E-state index contributed by atoms with van der Waals surface area (Å²) in [5.41, 5.74) is 11.6. The molecule has 0 bridgehead atoms. The fraction of sp³-hybridized carbons (Fsp3) is 0.500. The van der Waals surface area contributed by atoms with Gasteiger partial charge in [-0.15, -0.1) is 5.10 Å². The van der Waals surface area contributed by atoms with Crippen molar-refractivity contribution in [3.05, 3.63) is 11.3 Å². The Labute approximate surface area is 59.2 Å². The van der Waals surface area contributed by atoms with Crippen LogP contribution in [0.25, 0.3) is 0 Å². The number of nitrogens with zero attached hydrogens (tertiary/aromatic N) is 2. The highest BCUT2D eigenvalue weighted by Gasteiger charge is 2.20. The first-order valence-electron chi connectivity index (χ1n) is 3.35. The standard InChI is InChI=1S/C6H9N4/c7-6-4-1-2-8-3-5(4)9-10-6/h8H,1-3H2,(H2,7,10). The van der Waals surface area contributed by atoms with Crippen molar-refractivity contribution >= 4 is 5.84 Å². The number of rotatable bonds is 0. The Morgan fingerprint density at radius 3 is 3.20 bits per heavy atom. The molecule has 0 spiro atoms. The van der Waals surface area contributed by atoms with Gasteiger partial charge in [-0.2, -0.15) is 5.43 Å². The minimum absolute atomic E-state index is 0.608. The second-order valence-corrected chi connectivity index (χ2v) is 2.44. The molecule has 0 aromatic carbocycles. The molecule has 3 N–H and O–H groups in total. The maximum Gasteiger partial charge on any atom is 0.151 e. The van der Waals surface area contributed by atoms with E-state index in [-0.39, 0.29) is 0 Å². The minimum atomic E-state index is 0.608. The van der Waals surface area contributed by atoms with Gasteiger partial charge in [-0.05, 0) is 13.0 Å². The van der Waals surface area contributed by atoms with Crippen LogP contribution in [-0.4, -0.2) is 18.9 Å². The summed E-state index contributed by atoms with van der Waals surface area (Å²) >= 11 is 0. The van der Waals surface area contributed by atoms with E-state index in [2.05, 4.69) is 15.8 Å². The van der Waals surface area contributed by atoms with Crippen LogP contribution in [0.5, 0.6) is 0 Å². The molecule has 2 rings (SSSR count). The molecule has 4 heteroatoms. The third kappa shape index (κ3) is 0.690. The summed E-state index contributed by atoms with van der Waals surface area (Å²) in [6.07, 6.45) is 0.966. The maximum atomic E-state index is 5.56. The van der Waals surface area contributed by atoms with Gasteiger partial charge in [-0.3, -0.25) is 0 Å². The molecule has 2 aliphatic rings. The average Bonchev–Trinajstić information content (AvgIpc) is 2.34. The first-order chi connectivity index (χ1) is 4.88. The Bertz CT molecular complexity index is 216. The fourth-order valence-corrected chi connectivity index (χ4v) is 1.22. The molecule has 2 heterocycles. The summed E-state index contributed by atoms with van der Waals surface area (Å²) in [6, 6.07) is 0. The Kier molecular flexibility index (Phi) is 1.14. The summed E-state index contributed by atoms with van der Waals surface area (Å²) in [5.74, 6) is 0.608. The lowest BCUT2D eigenvalue weighted by Gasteiger charge is -2.12. The van der Waals surface area contributed by atoms with Gasteiger partial charge in [0.25, 0.3) is 0 Å². The van der Waals surface area contributed by atoms with Gasteiger partial charge in [0.1, 0.15) is 0 Å². The van der Waals surface area contributed by atoms with E-state index in [1.165, 1.54) is 0 Å². The molecule has 0 saturated heterocycles. The molecule has 0 saturated carbocycles. The number of hydrogen-bond acceptors (Lipinski definition) is 3. The molecule has 0 aromatic heterocycles. The van der Waals surface area contributed by atoms with Crippen LogP contribution in [0.2, 0.25) is 0 Å². The summed E-state index contributed by atoms with van der Waals surface area (Å²) in [6.45, 7) is 1.81. The summed E-state index contributed by atoms with van der Waals surface area (Å²) < 4.78 is 0. The van der Waals surface area contributed by atoms with Crippen LogP contribution < -0.4 is 16.5 Å². The molecular weight excluding hydrogens is 128 g/mol.